The van der Waals surface area contributed by atoms with Gasteiger partial charge in [0.1, 0.15) is 4.88 Å². The van der Waals surface area contributed by atoms with Gasteiger partial charge in [0.2, 0.25) is 0 Å². The number of rotatable bonds is 8. The SMILES string of the molecule is Cc1cc(CCCCCCOC(=O)c2cccs2)c(C)s1. The zero-order valence-corrected chi connectivity index (χ0v) is 14.3. The lowest BCUT2D eigenvalue weighted by Gasteiger charge is -2.04. The molecule has 0 aliphatic rings. The van der Waals surface area contributed by atoms with Crippen LogP contribution in [-0.4, -0.2) is 12.6 Å². The lowest BCUT2D eigenvalue weighted by atomic mass is 10.1. The lowest BCUT2D eigenvalue weighted by Crippen LogP contribution is -2.04. The number of ether oxygens (including phenoxy) is 1. The first-order valence-corrected chi connectivity index (χ1v) is 9.13. The van der Waals surface area contributed by atoms with Gasteiger partial charge in [0.15, 0.2) is 0 Å². The summed E-state index contributed by atoms with van der Waals surface area (Å²) >= 11 is 3.32. The summed E-state index contributed by atoms with van der Waals surface area (Å²) in [7, 11) is 0. The maximum atomic E-state index is 11.6. The molecule has 0 N–H and O–H groups in total. The van der Waals surface area contributed by atoms with E-state index in [-0.39, 0.29) is 5.97 Å². The van der Waals surface area contributed by atoms with E-state index in [1.807, 2.05) is 22.8 Å². The number of esters is 1. The quantitative estimate of drug-likeness (QED) is 0.481. The van der Waals surface area contributed by atoms with Gasteiger partial charge in [0.25, 0.3) is 0 Å². The molecule has 0 radical (unpaired) electrons. The van der Waals surface area contributed by atoms with Crippen LogP contribution in [0.25, 0.3) is 0 Å². The fourth-order valence-corrected chi connectivity index (χ4v) is 3.93. The molecule has 0 saturated carbocycles. The van der Waals surface area contributed by atoms with E-state index < -0.39 is 0 Å². The Hall–Kier alpha value is -1.13. The van der Waals surface area contributed by atoms with Gasteiger partial charge in [-0.05, 0) is 56.2 Å². The predicted octanol–water partition coefficient (Wildman–Crippen LogP) is 5.39. The minimum atomic E-state index is -0.186. The van der Waals surface area contributed by atoms with Gasteiger partial charge >= 0.3 is 5.97 Å². The Bertz CT molecular complexity index is 555. The van der Waals surface area contributed by atoms with Crippen molar-refractivity contribution in [2.45, 2.75) is 46.0 Å². The normalized spacial score (nSPS) is 10.8. The molecule has 4 heteroatoms. The van der Waals surface area contributed by atoms with Gasteiger partial charge in [-0.15, -0.1) is 22.7 Å². The minimum absolute atomic E-state index is 0.186. The molecule has 2 nitrogen and oxygen atoms in total. The van der Waals surface area contributed by atoms with Crippen LogP contribution in [0.15, 0.2) is 23.6 Å². The van der Waals surface area contributed by atoms with Crippen LogP contribution in [0.5, 0.6) is 0 Å². The molecule has 0 aromatic carbocycles. The third kappa shape index (κ3) is 5.29. The van der Waals surface area contributed by atoms with E-state index in [1.54, 1.807) is 6.07 Å². The highest BCUT2D eigenvalue weighted by Gasteiger charge is 2.07. The molecule has 0 unspecified atom stereocenters. The molecule has 2 heterocycles. The van der Waals surface area contributed by atoms with Crippen molar-refractivity contribution in [3.05, 3.63) is 43.8 Å². The molecule has 0 amide bonds. The average molecular weight is 322 g/mol. The second kappa shape index (κ2) is 8.35. The Balaban J connectivity index is 1.52. The van der Waals surface area contributed by atoms with Crippen LogP contribution in [-0.2, 0) is 11.2 Å². The average Bonchev–Trinajstić information content (AvgIpc) is 3.07. The van der Waals surface area contributed by atoms with Crippen molar-refractivity contribution in [1.82, 2.24) is 0 Å². The van der Waals surface area contributed by atoms with Gasteiger partial charge in [0, 0.05) is 9.75 Å². The van der Waals surface area contributed by atoms with E-state index in [9.17, 15) is 4.79 Å². The van der Waals surface area contributed by atoms with Crippen molar-refractivity contribution in [2.75, 3.05) is 6.61 Å². The first-order valence-electron chi connectivity index (χ1n) is 7.43. The van der Waals surface area contributed by atoms with Gasteiger partial charge in [-0.2, -0.15) is 0 Å². The van der Waals surface area contributed by atoms with Crippen molar-refractivity contribution >= 4 is 28.6 Å². The van der Waals surface area contributed by atoms with Gasteiger partial charge in [-0.25, -0.2) is 4.79 Å². The van der Waals surface area contributed by atoms with Crippen LogP contribution in [0.1, 0.15) is 50.7 Å². The fourth-order valence-electron chi connectivity index (χ4n) is 2.33. The molecule has 0 aliphatic carbocycles. The number of carbonyl (C=O) groups excluding carboxylic acids is 1. The van der Waals surface area contributed by atoms with Gasteiger partial charge < -0.3 is 4.74 Å². The molecule has 0 fully saturated rings. The summed E-state index contributed by atoms with van der Waals surface area (Å²) in [5.74, 6) is -0.186. The van der Waals surface area contributed by atoms with Crippen molar-refractivity contribution in [2.24, 2.45) is 0 Å². The zero-order valence-electron chi connectivity index (χ0n) is 12.7. The monoisotopic (exact) mass is 322 g/mol. The maximum Gasteiger partial charge on any atom is 0.348 e. The Labute approximate surface area is 134 Å². The summed E-state index contributed by atoms with van der Waals surface area (Å²) in [4.78, 5) is 15.2. The zero-order chi connectivity index (χ0) is 15.1. The van der Waals surface area contributed by atoms with Crippen LogP contribution in [0, 0.1) is 13.8 Å². The Morgan fingerprint density at radius 3 is 2.67 bits per heavy atom. The molecule has 0 bridgehead atoms. The first kappa shape index (κ1) is 16.2. The van der Waals surface area contributed by atoms with Crippen molar-refractivity contribution < 1.29 is 9.53 Å². The van der Waals surface area contributed by atoms with Crippen LogP contribution in [0.3, 0.4) is 0 Å². The van der Waals surface area contributed by atoms with E-state index in [1.165, 1.54) is 45.9 Å². The third-order valence-electron chi connectivity index (χ3n) is 3.44. The molecular weight excluding hydrogens is 300 g/mol. The summed E-state index contributed by atoms with van der Waals surface area (Å²) in [5, 5.41) is 1.89. The van der Waals surface area contributed by atoms with Crippen LogP contribution in [0.4, 0.5) is 0 Å². The number of aryl methyl sites for hydroxylation is 3. The van der Waals surface area contributed by atoms with E-state index in [2.05, 4.69) is 19.9 Å². The van der Waals surface area contributed by atoms with E-state index in [4.69, 9.17) is 4.74 Å². The van der Waals surface area contributed by atoms with E-state index >= 15 is 0 Å². The largest absolute Gasteiger partial charge is 0.462 e. The summed E-state index contributed by atoms with van der Waals surface area (Å²) in [5.41, 5.74) is 1.50. The van der Waals surface area contributed by atoms with E-state index in [0.717, 1.165) is 12.8 Å². The molecule has 21 heavy (non-hydrogen) atoms. The van der Waals surface area contributed by atoms with Gasteiger partial charge in [-0.1, -0.05) is 18.9 Å². The third-order valence-corrected chi connectivity index (χ3v) is 5.30. The molecule has 114 valence electrons. The topological polar surface area (TPSA) is 26.3 Å². The highest BCUT2D eigenvalue weighted by molar-refractivity contribution is 7.12. The Kier molecular flexibility index (Phi) is 6.46. The lowest BCUT2D eigenvalue weighted by molar-refractivity contribution is 0.0503. The van der Waals surface area contributed by atoms with Crippen LogP contribution >= 0.6 is 22.7 Å². The molecule has 0 atom stereocenters. The van der Waals surface area contributed by atoms with Crippen molar-refractivity contribution in [1.29, 1.82) is 0 Å². The molecule has 0 saturated heterocycles. The summed E-state index contributed by atoms with van der Waals surface area (Å²) in [6.07, 6.45) is 5.67. The molecule has 0 aliphatic heterocycles. The van der Waals surface area contributed by atoms with E-state index in [0.29, 0.717) is 11.5 Å². The van der Waals surface area contributed by atoms with Crippen LogP contribution in [0.2, 0.25) is 0 Å². The number of hydrogen-bond donors (Lipinski definition) is 0. The summed E-state index contributed by atoms with van der Waals surface area (Å²) in [6, 6.07) is 5.98. The molecule has 2 aromatic rings. The molecule has 0 spiro atoms. The molecule has 2 aromatic heterocycles. The number of hydrogen-bond acceptors (Lipinski definition) is 4. The second-order valence-electron chi connectivity index (χ2n) is 5.22. The second-order valence-corrected chi connectivity index (χ2v) is 7.62. The van der Waals surface area contributed by atoms with Crippen molar-refractivity contribution in [3.8, 4) is 0 Å². The fraction of sp³-hybridized carbons (Fsp3) is 0.471. The standard InChI is InChI=1S/C17H22O2S2/c1-13-12-15(14(2)21-13)8-5-3-4-6-10-19-17(18)16-9-7-11-20-16/h7,9,11-12H,3-6,8,10H2,1-2H3. The van der Waals surface area contributed by atoms with Crippen LogP contribution < -0.4 is 0 Å². The number of unbranched alkanes of at least 4 members (excludes halogenated alkanes) is 3. The maximum absolute atomic E-state index is 11.6. The predicted molar refractivity (Wildman–Crippen MR) is 90.6 cm³/mol. The smallest absolute Gasteiger partial charge is 0.348 e. The Morgan fingerprint density at radius 2 is 2.00 bits per heavy atom. The highest BCUT2D eigenvalue weighted by atomic mass is 32.1. The summed E-state index contributed by atoms with van der Waals surface area (Å²) < 4.78 is 5.25. The highest BCUT2D eigenvalue weighted by Crippen LogP contribution is 2.22. The molecular formula is C17H22O2S2. The molecule has 2 rings (SSSR count). The number of carbonyl (C=O) groups is 1. The van der Waals surface area contributed by atoms with Gasteiger partial charge in [0.05, 0.1) is 6.61 Å². The Morgan fingerprint density at radius 1 is 1.19 bits per heavy atom. The van der Waals surface area contributed by atoms with Gasteiger partial charge in [-0.3, -0.25) is 0 Å². The number of thiophene rings is 2. The van der Waals surface area contributed by atoms with Crippen molar-refractivity contribution in [3.63, 3.8) is 0 Å². The minimum Gasteiger partial charge on any atom is -0.462 e. The summed E-state index contributed by atoms with van der Waals surface area (Å²) in [6.45, 7) is 4.91. The first-order chi connectivity index (χ1) is 10.2.